The molecule has 3 unspecified atom stereocenters. The highest BCUT2D eigenvalue weighted by molar-refractivity contribution is 7.99. The SMILES string of the molecule is CC(=O)OCC1O[C@H](Sc2cc(Cl)c(Cl)cc2F)C(OC(C)=O)C(n2cc(-c3cc(F)c(F)c(F)c3)nn2)[C@H]1OC(C)=O. The Kier molecular flexibility index (Phi) is 10.2. The average molecular weight is 666 g/mol. The first-order valence-electron chi connectivity index (χ1n) is 12.3. The van der Waals surface area contributed by atoms with Gasteiger partial charge in [-0.05, 0) is 24.3 Å². The van der Waals surface area contributed by atoms with Gasteiger partial charge in [0.25, 0.3) is 0 Å². The number of esters is 3. The van der Waals surface area contributed by atoms with Crippen molar-refractivity contribution in [1.82, 2.24) is 15.0 Å². The van der Waals surface area contributed by atoms with Crippen molar-refractivity contribution >= 4 is 52.9 Å². The fourth-order valence-electron chi connectivity index (χ4n) is 4.26. The lowest BCUT2D eigenvalue weighted by Gasteiger charge is -2.44. The average Bonchev–Trinajstić information content (AvgIpc) is 3.40. The summed E-state index contributed by atoms with van der Waals surface area (Å²) in [6.45, 7) is 2.84. The van der Waals surface area contributed by atoms with E-state index in [1.807, 2.05) is 0 Å². The van der Waals surface area contributed by atoms with Crippen LogP contribution in [0, 0.1) is 23.3 Å². The Balaban J connectivity index is 1.84. The molecular formula is C26H21Cl2F4N3O7S. The Bertz CT molecular complexity index is 1540. The van der Waals surface area contributed by atoms with E-state index in [0.717, 1.165) is 43.3 Å². The highest BCUT2D eigenvalue weighted by Crippen LogP contribution is 2.43. The lowest BCUT2D eigenvalue weighted by Crippen LogP contribution is -2.57. The van der Waals surface area contributed by atoms with E-state index in [2.05, 4.69) is 10.3 Å². The number of ether oxygens (including phenoxy) is 4. The fraction of sp³-hybridized carbons (Fsp3) is 0.346. The second-order valence-electron chi connectivity index (χ2n) is 9.14. The van der Waals surface area contributed by atoms with Crippen LogP contribution in [0.15, 0.2) is 35.4 Å². The highest BCUT2D eigenvalue weighted by Gasteiger charge is 2.52. The normalized spacial score (nSPS) is 21.7. The minimum absolute atomic E-state index is 0.0101. The second kappa shape index (κ2) is 13.5. The van der Waals surface area contributed by atoms with Crippen LogP contribution in [0.1, 0.15) is 26.8 Å². The zero-order valence-corrected chi connectivity index (χ0v) is 24.7. The van der Waals surface area contributed by atoms with Crippen LogP contribution < -0.4 is 0 Å². The minimum atomic E-state index is -1.69. The van der Waals surface area contributed by atoms with Gasteiger partial charge in [0.15, 0.2) is 29.7 Å². The molecule has 1 aliphatic rings. The third-order valence-corrected chi connectivity index (χ3v) is 7.89. The molecule has 1 fully saturated rings. The molecule has 1 saturated heterocycles. The van der Waals surface area contributed by atoms with Gasteiger partial charge in [-0.25, -0.2) is 22.2 Å². The maximum atomic E-state index is 14.9. The number of halogens is 6. The van der Waals surface area contributed by atoms with Crippen LogP contribution in [-0.4, -0.2) is 63.3 Å². The summed E-state index contributed by atoms with van der Waals surface area (Å²) in [7, 11) is 0. The summed E-state index contributed by atoms with van der Waals surface area (Å²) in [6, 6.07) is 2.29. The molecule has 3 aromatic rings. The van der Waals surface area contributed by atoms with Crippen molar-refractivity contribution in [2.75, 3.05) is 6.61 Å². The molecule has 0 spiro atoms. The molecule has 17 heteroatoms. The van der Waals surface area contributed by atoms with Gasteiger partial charge in [0.2, 0.25) is 0 Å². The topological polar surface area (TPSA) is 119 Å². The molecule has 0 aliphatic carbocycles. The summed E-state index contributed by atoms with van der Waals surface area (Å²) in [4.78, 5) is 36.0. The molecule has 10 nitrogen and oxygen atoms in total. The Labute approximate surface area is 255 Å². The maximum absolute atomic E-state index is 14.9. The lowest BCUT2D eigenvalue weighted by atomic mass is 9.96. The standard InChI is InChI=1S/C26H21Cl2F4N3O7S/c1-10(36)39-9-20-24(40-11(2)37)23(35-8-19(33-34-35)13-4-17(30)22(32)18(31)5-13)25(41-12(3)38)26(42-20)43-21-7-15(28)14(27)6-16(21)29/h4-8,20,23-26H,9H2,1-3H3/t20?,23?,24-,25?,26+/m0/s1. The van der Waals surface area contributed by atoms with Gasteiger partial charge in [-0.15, -0.1) is 5.10 Å². The van der Waals surface area contributed by atoms with Crippen LogP contribution in [0.3, 0.4) is 0 Å². The Morgan fingerprint density at radius 2 is 1.51 bits per heavy atom. The van der Waals surface area contributed by atoms with Crippen molar-refractivity contribution in [3.8, 4) is 11.3 Å². The first-order valence-corrected chi connectivity index (χ1v) is 13.9. The van der Waals surface area contributed by atoms with Gasteiger partial charge in [-0.2, -0.15) is 0 Å². The number of benzene rings is 2. The van der Waals surface area contributed by atoms with Crippen LogP contribution in [0.5, 0.6) is 0 Å². The number of nitrogens with zero attached hydrogens (tertiary/aromatic N) is 3. The van der Waals surface area contributed by atoms with Gasteiger partial charge < -0.3 is 18.9 Å². The zero-order chi connectivity index (χ0) is 31.6. The number of hydrogen-bond acceptors (Lipinski definition) is 10. The van der Waals surface area contributed by atoms with E-state index < -0.39 is 77.6 Å². The Hall–Kier alpha value is -3.40. The predicted octanol–water partition coefficient (Wildman–Crippen LogP) is 5.29. The molecule has 0 N–H and O–H groups in total. The number of thioether (sulfide) groups is 1. The summed E-state index contributed by atoms with van der Waals surface area (Å²) in [5, 5.41) is 7.83. The van der Waals surface area contributed by atoms with E-state index in [0.29, 0.717) is 12.1 Å². The first-order chi connectivity index (χ1) is 20.2. The number of carbonyl (C=O) groups excluding carboxylic acids is 3. The summed E-state index contributed by atoms with van der Waals surface area (Å²) in [5.74, 6) is -7.76. The van der Waals surface area contributed by atoms with E-state index in [-0.39, 0.29) is 26.2 Å². The highest BCUT2D eigenvalue weighted by atomic mass is 35.5. The van der Waals surface area contributed by atoms with Crippen molar-refractivity contribution in [2.45, 2.75) is 55.5 Å². The van der Waals surface area contributed by atoms with Crippen LogP contribution in [0.4, 0.5) is 17.6 Å². The molecule has 0 radical (unpaired) electrons. The van der Waals surface area contributed by atoms with E-state index >= 15 is 0 Å². The van der Waals surface area contributed by atoms with Crippen LogP contribution in [0.2, 0.25) is 10.0 Å². The van der Waals surface area contributed by atoms with E-state index in [9.17, 15) is 31.9 Å². The molecule has 0 amide bonds. The first kappa shape index (κ1) is 32.5. The molecule has 0 saturated carbocycles. The summed E-state index contributed by atoms with van der Waals surface area (Å²) in [5.41, 5.74) is -1.60. The minimum Gasteiger partial charge on any atom is -0.463 e. The Morgan fingerprint density at radius 1 is 0.907 bits per heavy atom. The number of rotatable bonds is 8. The number of carbonyl (C=O) groups is 3. The molecule has 43 heavy (non-hydrogen) atoms. The van der Waals surface area contributed by atoms with Crippen molar-refractivity contribution in [3.05, 3.63) is 63.8 Å². The van der Waals surface area contributed by atoms with E-state index in [1.165, 1.54) is 12.3 Å². The molecule has 1 aliphatic heterocycles. The quantitative estimate of drug-likeness (QED) is 0.103. The predicted molar refractivity (Wildman–Crippen MR) is 143 cm³/mol. The number of aromatic nitrogens is 3. The van der Waals surface area contributed by atoms with E-state index in [1.54, 1.807) is 0 Å². The van der Waals surface area contributed by atoms with Crippen LogP contribution in [-0.2, 0) is 33.3 Å². The molecule has 2 aromatic carbocycles. The van der Waals surface area contributed by atoms with Gasteiger partial charge >= 0.3 is 17.9 Å². The molecule has 5 atom stereocenters. The van der Waals surface area contributed by atoms with Crippen molar-refractivity contribution in [2.24, 2.45) is 0 Å². The molecule has 0 bridgehead atoms. The van der Waals surface area contributed by atoms with E-state index in [4.69, 9.17) is 42.1 Å². The van der Waals surface area contributed by atoms with Crippen molar-refractivity contribution < 1.29 is 50.9 Å². The van der Waals surface area contributed by atoms with Gasteiger partial charge in [0, 0.05) is 31.2 Å². The summed E-state index contributed by atoms with van der Waals surface area (Å²) in [6.07, 6.45) is -2.82. The summed E-state index contributed by atoms with van der Waals surface area (Å²) < 4.78 is 79.7. The van der Waals surface area contributed by atoms with Gasteiger partial charge in [0.1, 0.15) is 35.7 Å². The number of hydrogen-bond donors (Lipinski definition) is 0. The van der Waals surface area contributed by atoms with Gasteiger partial charge in [-0.3, -0.25) is 14.4 Å². The molecular weight excluding hydrogens is 645 g/mol. The molecule has 1 aromatic heterocycles. The lowest BCUT2D eigenvalue weighted by molar-refractivity contribution is -0.212. The monoisotopic (exact) mass is 665 g/mol. The maximum Gasteiger partial charge on any atom is 0.303 e. The molecule has 4 rings (SSSR count). The van der Waals surface area contributed by atoms with Gasteiger partial charge in [-0.1, -0.05) is 40.2 Å². The largest absolute Gasteiger partial charge is 0.463 e. The zero-order valence-electron chi connectivity index (χ0n) is 22.4. The van der Waals surface area contributed by atoms with Crippen LogP contribution in [0.25, 0.3) is 11.3 Å². The smallest absolute Gasteiger partial charge is 0.303 e. The van der Waals surface area contributed by atoms with Crippen molar-refractivity contribution in [1.29, 1.82) is 0 Å². The second-order valence-corrected chi connectivity index (χ2v) is 11.1. The summed E-state index contributed by atoms with van der Waals surface area (Å²) >= 11 is 12.7. The van der Waals surface area contributed by atoms with Crippen LogP contribution >= 0.6 is 35.0 Å². The van der Waals surface area contributed by atoms with Crippen molar-refractivity contribution in [3.63, 3.8) is 0 Å². The Morgan fingerprint density at radius 3 is 2.12 bits per heavy atom. The molecule has 2 heterocycles. The fourth-order valence-corrected chi connectivity index (χ4v) is 5.79. The molecule has 230 valence electrons. The van der Waals surface area contributed by atoms with Gasteiger partial charge in [0.05, 0.1) is 16.2 Å². The third kappa shape index (κ3) is 7.58. The third-order valence-electron chi connectivity index (χ3n) is 5.99.